The third-order valence-electron chi connectivity index (χ3n) is 8.68. The third-order valence-corrected chi connectivity index (χ3v) is 8.68. The van der Waals surface area contributed by atoms with Gasteiger partial charge in [0.15, 0.2) is 0 Å². The van der Waals surface area contributed by atoms with Gasteiger partial charge in [-0.05, 0) is 32.1 Å². The maximum Gasteiger partial charge on any atom is 0.317 e. The summed E-state index contributed by atoms with van der Waals surface area (Å²) in [5, 5.41) is 57.4. The van der Waals surface area contributed by atoms with E-state index < -0.39 is 86.2 Å². The van der Waals surface area contributed by atoms with Crippen LogP contribution >= 0.6 is 0 Å². The SMILES string of the molecule is O=C(O)CN(CCCN(CC(=O)O)C1CCCCC1N(CC(=O)O)CC(=O)O)C1CCCCCCC1N(CC(=O)O)CC(=O)O. The molecule has 16 heteroatoms. The molecule has 6 N–H and O–H groups in total. The second-order valence-corrected chi connectivity index (χ2v) is 12.0. The normalized spacial score (nSPS) is 22.7. The van der Waals surface area contributed by atoms with E-state index in [9.17, 15) is 59.4 Å². The molecule has 16 nitrogen and oxygen atoms in total. The van der Waals surface area contributed by atoms with Crippen LogP contribution in [-0.4, -0.2) is 163 Å². The number of carboxylic acids is 6. The van der Waals surface area contributed by atoms with Gasteiger partial charge in [-0.15, -0.1) is 0 Å². The maximum atomic E-state index is 12.0. The highest BCUT2D eigenvalue weighted by molar-refractivity contribution is 5.73. The Morgan fingerprint density at radius 2 is 0.600 bits per heavy atom. The molecule has 0 heterocycles. The van der Waals surface area contributed by atoms with Crippen molar-refractivity contribution in [1.29, 1.82) is 0 Å². The molecule has 4 unspecified atom stereocenters. The summed E-state index contributed by atoms with van der Waals surface area (Å²) in [4.78, 5) is 76.5. The van der Waals surface area contributed by atoms with Crippen LogP contribution in [0.3, 0.4) is 0 Å². The van der Waals surface area contributed by atoms with Crippen LogP contribution < -0.4 is 0 Å². The summed E-state index contributed by atoms with van der Waals surface area (Å²) >= 11 is 0. The molecule has 0 spiro atoms. The molecule has 2 fully saturated rings. The molecule has 0 bridgehead atoms. The number of carboxylic acid groups (broad SMARTS) is 6. The largest absolute Gasteiger partial charge is 0.480 e. The van der Waals surface area contributed by atoms with Crippen molar-refractivity contribution in [2.45, 2.75) is 94.8 Å². The van der Waals surface area contributed by atoms with Gasteiger partial charge in [0.2, 0.25) is 0 Å². The van der Waals surface area contributed by atoms with E-state index in [2.05, 4.69) is 0 Å². The molecule has 0 saturated heterocycles. The van der Waals surface area contributed by atoms with Crippen LogP contribution in [0.15, 0.2) is 0 Å². The van der Waals surface area contributed by atoms with Gasteiger partial charge in [-0.3, -0.25) is 48.4 Å². The van der Waals surface area contributed by atoms with Crippen molar-refractivity contribution in [3.05, 3.63) is 0 Å². The Labute approximate surface area is 262 Å². The van der Waals surface area contributed by atoms with Crippen molar-refractivity contribution in [3.63, 3.8) is 0 Å². The smallest absolute Gasteiger partial charge is 0.317 e. The summed E-state index contributed by atoms with van der Waals surface area (Å²) < 4.78 is 0. The monoisotopic (exact) mass is 644 g/mol. The van der Waals surface area contributed by atoms with Crippen LogP contribution in [0.5, 0.6) is 0 Å². The highest BCUT2D eigenvalue weighted by Crippen LogP contribution is 2.29. The predicted octanol–water partition coefficient (Wildman–Crippen LogP) is 0.495. The highest BCUT2D eigenvalue weighted by atomic mass is 16.4. The molecule has 0 aromatic rings. The Balaban J connectivity index is 2.32. The molecule has 4 atom stereocenters. The fourth-order valence-corrected chi connectivity index (χ4v) is 7.07. The number of aliphatic carboxylic acids is 6. The van der Waals surface area contributed by atoms with E-state index in [0.717, 1.165) is 38.5 Å². The van der Waals surface area contributed by atoms with Crippen LogP contribution in [0.1, 0.15) is 70.6 Å². The number of hydrogen-bond acceptors (Lipinski definition) is 10. The predicted molar refractivity (Wildman–Crippen MR) is 158 cm³/mol. The summed E-state index contributed by atoms with van der Waals surface area (Å²) in [6.07, 6.45) is 7.16. The highest BCUT2D eigenvalue weighted by Gasteiger charge is 2.38. The van der Waals surface area contributed by atoms with Gasteiger partial charge in [-0.1, -0.05) is 38.5 Å². The first-order chi connectivity index (χ1) is 21.3. The van der Waals surface area contributed by atoms with Crippen molar-refractivity contribution in [2.24, 2.45) is 0 Å². The Hall–Kier alpha value is -3.34. The lowest BCUT2D eigenvalue weighted by Gasteiger charge is -2.44. The molecule has 2 aliphatic rings. The van der Waals surface area contributed by atoms with Gasteiger partial charge in [0, 0.05) is 37.3 Å². The standard InChI is InChI=1S/C29H48N4O12/c34-24(35)14-30(20-8-3-1-2-4-9-22(20)32(16-26(38)39)17-27(40)41)12-7-13-31(15-25(36)37)21-10-5-6-11-23(21)33(18-28(42)43)19-29(44)45/h20-23H,1-19H2,(H,34,35)(H,36,37)(H,38,39)(H,40,41)(H,42,43)(H,44,45). The van der Waals surface area contributed by atoms with Crippen LogP contribution in [0.25, 0.3) is 0 Å². The average Bonchev–Trinajstić information content (AvgIpc) is 2.90. The van der Waals surface area contributed by atoms with Gasteiger partial charge in [0.25, 0.3) is 0 Å². The first-order valence-electron chi connectivity index (χ1n) is 15.5. The zero-order chi connectivity index (χ0) is 33.5. The summed E-state index contributed by atoms with van der Waals surface area (Å²) in [6, 6.07) is -1.90. The average molecular weight is 645 g/mol. The topological polar surface area (TPSA) is 237 Å². The minimum atomic E-state index is -1.19. The molecule has 256 valence electrons. The lowest BCUT2D eigenvalue weighted by Crippen LogP contribution is -2.57. The molecule has 2 saturated carbocycles. The summed E-state index contributed by atoms with van der Waals surface area (Å²) in [5.41, 5.74) is 0. The van der Waals surface area contributed by atoms with E-state index in [1.807, 2.05) is 0 Å². The first kappa shape index (κ1) is 37.8. The first-order valence-corrected chi connectivity index (χ1v) is 15.5. The lowest BCUT2D eigenvalue weighted by atomic mass is 9.87. The number of nitrogens with zero attached hydrogens (tertiary/aromatic N) is 4. The Morgan fingerprint density at radius 1 is 0.378 bits per heavy atom. The molecular weight excluding hydrogens is 596 g/mol. The zero-order valence-electron chi connectivity index (χ0n) is 25.7. The van der Waals surface area contributed by atoms with Crippen molar-refractivity contribution in [3.8, 4) is 0 Å². The minimum absolute atomic E-state index is 0.211. The van der Waals surface area contributed by atoms with Gasteiger partial charge < -0.3 is 30.6 Å². The van der Waals surface area contributed by atoms with Crippen molar-refractivity contribution in [1.82, 2.24) is 19.6 Å². The molecule has 2 rings (SSSR count). The number of carbonyl (C=O) groups is 6. The second-order valence-electron chi connectivity index (χ2n) is 12.0. The van der Waals surface area contributed by atoms with Crippen LogP contribution in [0.2, 0.25) is 0 Å². The Bertz CT molecular complexity index is 995. The van der Waals surface area contributed by atoms with Gasteiger partial charge >= 0.3 is 35.8 Å². The molecule has 0 aromatic heterocycles. The Kier molecular flexibility index (Phi) is 16.2. The van der Waals surface area contributed by atoms with E-state index in [1.54, 1.807) is 9.80 Å². The number of rotatable bonds is 20. The van der Waals surface area contributed by atoms with Crippen LogP contribution in [0, 0.1) is 0 Å². The van der Waals surface area contributed by atoms with Crippen LogP contribution in [0.4, 0.5) is 0 Å². The molecular formula is C29H48N4O12. The van der Waals surface area contributed by atoms with E-state index >= 15 is 0 Å². The van der Waals surface area contributed by atoms with E-state index in [0.29, 0.717) is 32.1 Å². The maximum absolute atomic E-state index is 12.0. The van der Waals surface area contributed by atoms with E-state index in [1.165, 1.54) is 9.80 Å². The summed E-state index contributed by atoms with van der Waals surface area (Å²) in [7, 11) is 0. The lowest BCUT2D eigenvalue weighted by molar-refractivity contribution is -0.146. The quantitative estimate of drug-likeness (QED) is 0.106. The van der Waals surface area contributed by atoms with Crippen LogP contribution in [-0.2, 0) is 28.8 Å². The molecule has 0 aliphatic heterocycles. The molecule has 2 aliphatic carbocycles. The van der Waals surface area contributed by atoms with Crippen molar-refractivity contribution in [2.75, 3.05) is 52.4 Å². The number of hydrogen-bond donors (Lipinski definition) is 6. The second kappa shape index (κ2) is 19.2. The summed E-state index contributed by atoms with van der Waals surface area (Å²) in [5.74, 6) is -6.97. The molecule has 0 radical (unpaired) electrons. The summed E-state index contributed by atoms with van der Waals surface area (Å²) in [6.45, 7) is -2.35. The molecule has 0 aromatic carbocycles. The van der Waals surface area contributed by atoms with Crippen molar-refractivity contribution >= 4 is 35.8 Å². The van der Waals surface area contributed by atoms with E-state index in [4.69, 9.17) is 0 Å². The zero-order valence-corrected chi connectivity index (χ0v) is 25.7. The Morgan fingerprint density at radius 3 is 0.867 bits per heavy atom. The molecule has 45 heavy (non-hydrogen) atoms. The fraction of sp³-hybridized carbons (Fsp3) is 0.793. The fourth-order valence-electron chi connectivity index (χ4n) is 7.07. The molecule has 0 amide bonds. The van der Waals surface area contributed by atoms with Gasteiger partial charge in [0.1, 0.15) is 0 Å². The van der Waals surface area contributed by atoms with Crippen molar-refractivity contribution < 1.29 is 59.4 Å². The third kappa shape index (κ3) is 13.7. The minimum Gasteiger partial charge on any atom is -0.480 e. The van der Waals surface area contributed by atoms with E-state index in [-0.39, 0.29) is 26.2 Å². The van der Waals surface area contributed by atoms with Gasteiger partial charge in [-0.2, -0.15) is 0 Å². The van der Waals surface area contributed by atoms with Gasteiger partial charge in [-0.25, -0.2) is 0 Å². The van der Waals surface area contributed by atoms with Gasteiger partial charge in [0.05, 0.1) is 39.3 Å².